The minimum absolute atomic E-state index is 0.531. The van der Waals surface area contributed by atoms with Crippen molar-refractivity contribution in [2.75, 3.05) is 26.3 Å². The fraction of sp³-hybridized carbons (Fsp3) is 0.118. The highest BCUT2D eigenvalue weighted by Crippen LogP contribution is 2.43. The van der Waals surface area contributed by atoms with Gasteiger partial charge in [-0.3, -0.25) is 9.97 Å². The average molecular weight is 549 g/mol. The Labute approximate surface area is 241 Å². The van der Waals surface area contributed by atoms with Gasteiger partial charge in [0.1, 0.15) is 24.6 Å². The molecule has 0 atom stereocenters. The van der Waals surface area contributed by atoms with Gasteiger partial charge in [-0.1, -0.05) is 66.7 Å². The Morgan fingerprint density at radius 3 is 1.57 bits per heavy atom. The van der Waals surface area contributed by atoms with Crippen molar-refractivity contribution in [1.29, 1.82) is 0 Å². The second-order valence-electron chi connectivity index (χ2n) is 10.1. The molecule has 4 aromatic carbocycles. The third-order valence-corrected chi connectivity index (χ3v) is 7.52. The van der Waals surface area contributed by atoms with Gasteiger partial charge in [0.05, 0.1) is 49.3 Å². The number of hydrogen-bond acceptors (Lipinski definition) is 8. The molecule has 0 amide bonds. The van der Waals surface area contributed by atoms with Gasteiger partial charge < -0.3 is 9.47 Å². The van der Waals surface area contributed by atoms with E-state index in [0.29, 0.717) is 49.5 Å². The lowest BCUT2D eigenvalue weighted by molar-refractivity contribution is 0.347. The van der Waals surface area contributed by atoms with Crippen molar-refractivity contribution < 1.29 is 9.47 Å². The lowest BCUT2D eigenvalue weighted by Crippen LogP contribution is -2.06. The zero-order valence-electron chi connectivity index (χ0n) is 22.6. The van der Waals surface area contributed by atoms with E-state index in [0.717, 1.165) is 55.2 Å². The normalized spacial score (nSPS) is 14.5. The lowest BCUT2D eigenvalue weighted by atomic mass is 9.87. The predicted molar refractivity (Wildman–Crippen MR) is 164 cm³/mol. The first-order chi connectivity index (χ1) is 20.8. The number of ether oxygens (including phenoxy) is 2. The molecule has 2 aliphatic rings. The number of hydrogen-bond donors (Lipinski definition) is 0. The second kappa shape index (κ2) is 10.2. The number of benzene rings is 4. The summed E-state index contributed by atoms with van der Waals surface area (Å²) in [5, 5.41) is 4.14. The van der Waals surface area contributed by atoms with Crippen LogP contribution in [-0.4, -0.2) is 58.0 Å². The first-order valence-electron chi connectivity index (χ1n) is 13.9. The van der Waals surface area contributed by atoms with Gasteiger partial charge >= 0.3 is 0 Å². The maximum atomic E-state index is 5.72. The number of aromatic nitrogens is 4. The van der Waals surface area contributed by atoms with Crippen LogP contribution >= 0.6 is 0 Å². The topological polar surface area (TPSA) is 94.7 Å². The molecule has 2 aromatic heterocycles. The van der Waals surface area contributed by atoms with E-state index in [1.165, 1.54) is 0 Å². The Morgan fingerprint density at radius 2 is 1.00 bits per heavy atom. The van der Waals surface area contributed by atoms with E-state index < -0.39 is 0 Å². The molecule has 0 aliphatic carbocycles. The van der Waals surface area contributed by atoms with Crippen molar-refractivity contribution in [2.45, 2.75) is 0 Å². The highest BCUT2D eigenvalue weighted by molar-refractivity contribution is 6.21. The van der Waals surface area contributed by atoms with Gasteiger partial charge in [-0.2, -0.15) is 0 Å². The minimum atomic E-state index is 0.531. The first-order valence-corrected chi connectivity index (χ1v) is 13.9. The number of fused-ring (bicyclic) bond motifs is 2. The zero-order valence-corrected chi connectivity index (χ0v) is 22.6. The molecule has 0 bridgehead atoms. The van der Waals surface area contributed by atoms with Gasteiger partial charge in [0.25, 0.3) is 0 Å². The van der Waals surface area contributed by atoms with E-state index >= 15 is 0 Å². The summed E-state index contributed by atoms with van der Waals surface area (Å²) in [7, 11) is 0. The van der Waals surface area contributed by atoms with E-state index in [-0.39, 0.29) is 0 Å². The summed E-state index contributed by atoms with van der Waals surface area (Å²) in [4.78, 5) is 28.1. The van der Waals surface area contributed by atoms with Crippen molar-refractivity contribution >= 4 is 33.3 Å². The molecule has 0 spiro atoms. The summed E-state index contributed by atoms with van der Waals surface area (Å²) in [6.45, 7) is 2.36. The Hall–Kier alpha value is -5.50. The predicted octanol–water partition coefficient (Wildman–Crippen LogP) is 6.13. The third kappa shape index (κ3) is 4.16. The third-order valence-electron chi connectivity index (χ3n) is 7.52. The second-order valence-corrected chi connectivity index (χ2v) is 10.1. The summed E-state index contributed by atoms with van der Waals surface area (Å²) in [5.74, 6) is 1.06. The van der Waals surface area contributed by atoms with Crippen LogP contribution in [-0.2, 0) is 9.47 Å². The number of aliphatic imine (C=N–C) groups is 2. The van der Waals surface area contributed by atoms with Gasteiger partial charge in [-0.05, 0) is 38.7 Å². The van der Waals surface area contributed by atoms with E-state index in [2.05, 4.69) is 74.6 Å². The zero-order chi connectivity index (χ0) is 27.9. The molecule has 8 heteroatoms. The van der Waals surface area contributed by atoms with Gasteiger partial charge in [0.15, 0.2) is 0 Å². The molecule has 42 heavy (non-hydrogen) atoms. The molecule has 0 unspecified atom stereocenters. The Morgan fingerprint density at radius 1 is 0.476 bits per heavy atom. The largest absolute Gasteiger partial charge is 0.474 e. The summed E-state index contributed by atoms with van der Waals surface area (Å²) in [5.41, 5.74) is 6.96. The summed E-state index contributed by atoms with van der Waals surface area (Å²) in [6, 6.07) is 25.3. The van der Waals surface area contributed by atoms with Crippen LogP contribution in [0.15, 0.2) is 108 Å². The molecular formula is C34H24N6O2. The molecule has 0 saturated heterocycles. The van der Waals surface area contributed by atoms with Crippen LogP contribution in [0.4, 0.5) is 0 Å². The molecule has 0 radical (unpaired) electrons. The molecule has 6 aromatic rings. The fourth-order valence-electron chi connectivity index (χ4n) is 5.70. The molecule has 2 aliphatic heterocycles. The van der Waals surface area contributed by atoms with Crippen LogP contribution in [0.2, 0.25) is 0 Å². The van der Waals surface area contributed by atoms with Crippen molar-refractivity contribution in [1.82, 2.24) is 19.9 Å². The quantitative estimate of drug-likeness (QED) is 0.241. The molecule has 202 valence electrons. The van der Waals surface area contributed by atoms with Gasteiger partial charge in [-0.15, -0.1) is 0 Å². The summed E-state index contributed by atoms with van der Waals surface area (Å²) in [6.07, 6.45) is 7.03. The average Bonchev–Trinajstić information content (AvgIpc) is 3.80. The minimum Gasteiger partial charge on any atom is -0.474 e. The van der Waals surface area contributed by atoms with Crippen LogP contribution in [0.25, 0.3) is 55.2 Å². The van der Waals surface area contributed by atoms with Crippen LogP contribution in [0.1, 0.15) is 11.4 Å². The van der Waals surface area contributed by atoms with Gasteiger partial charge in [0, 0.05) is 11.1 Å². The Kier molecular flexibility index (Phi) is 5.88. The van der Waals surface area contributed by atoms with Crippen molar-refractivity contribution in [2.24, 2.45) is 9.98 Å². The maximum absolute atomic E-state index is 5.72. The van der Waals surface area contributed by atoms with Crippen molar-refractivity contribution in [3.63, 3.8) is 0 Å². The molecule has 0 saturated carbocycles. The van der Waals surface area contributed by atoms with Crippen LogP contribution < -0.4 is 0 Å². The molecule has 0 N–H and O–H groups in total. The molecule has 8 nitrogen and oxygen atoms in total. The first kappa shape index (κ1) is 24.3. The highest BCUT2D eigenvalue weighted by Gasteiger charge is 2.22. The summed E-state index contributed by atoms with van der Waals surface area (Å²) >= 11 is 0. The fourth-order valence-corrected chi connectivity index (χ4v) is 5.70. The number of nitrogens with zero attached hydrogens (tertiary/aromatic N) is 6. The van der Waals surface area contributed by atoms with Crippen LogP contribution in [0.5, 0.6) is 0 Å². The molecule has 8 rings (SSSR count). The molecule has 4 heterocycles. The maximum Gasteiger partial charge on any atom is 0.237 e. The summed E-state index contributed by atoms with van der Waals surface area (Å²) < 4.78 is 11.4. The Bertz CT molecular complexity index is 2060. The highest BCUT2D eigenvalue weighted by atomic mass is 16.5. The standard InChI is InChI=1S/C34H24N6O2/c1-2-6-21(7-3-1)22-10-11-25-26(16-22)32(28-18-36-20-30(40-28)34-38-13-15-42-34)24-9-5-4-8-23(24)31(25)27-17-35-19-29(39-27)33-37-12-14-41-33/h1-11,16-20H,12-15H2. The van der Waals surface area contributed by atoms with E-state index in [1.54, 1.807) is 18.6 Å². The smallest absolute Gasteiger partial charge is 0.237 e. The van der Waals surface area contributed by atoms with Crippen LogP contribution in [0, 0.1) is 0 Å². The SMILES string of the molecule is c1ccc(-c2ccc3c(-c4cncc(C5=NCCO5)n4)c4ccccc4c(-c4cncc(C5=NCCO5)n4)c3c2)cc1. The van der Waals surface area contributed by atoms with E-state index in [4.69, 9.17) is 19.4 Å². The van der Waals surface area contributed by atoms with Crippen molar-refractivity contribution in [3.05, 3.63) is 109 Å². The molecular weight excluding hydrogens is 524 g/mol. The number of rotatable bonds is 5. The van der Waals surface area contributed by atoms with Gasteiger partial charge in [0.2, 0.25) is 11.8 Å². The monoisotopic (exact) mass is 548 g/mol. The molecule has 0 fully saturated rings. The van der Waals surface area contributed by atoms with E-state index in [9.17, 15) is 0 Å². The van der Waals surface area contributed by atoms with Crippen LogP contribution in [0.3, 0.4) is 0 Å². The lowest BCUT2D eigenvalue weighted by Gasteiger charge is -2.18. The Balaban J connectivity index is 1.44. The van der Waals surface area contributed by atoms with Gasteiger partial charge in [-0.25, -0.2) is 20.0 Å². The van der Waals surface area contributed by atoms with Crippen molar-refractivity contribution in [3.8, 4) is 33.6 Å². The van der Waals surface area contributed by atoms with E-state index in [1.807, 2.05) is 24.4 Å².